The summed E-state index contributed by atoms with van der Waals surface area (Å²) in [5.41, 5.74) is 0.574. The van der Waals surface area contributed by atoms with E-state index in [1.807, 2.05) is 6.07 Å². The molecule has 0 spiro atoms. The van der Waals surface area contributed by atoms with Crippen molar-refractivity contribution in [1.29, 1.82) is 0 Å². The second-order valence-electron chi connectivity index (χ2n) is 4.06. The second kappa shape index (κ2) is 5.91. The summed E-state index contributed by atoms with van der Waals surface area (Å²) in [7, 11) is 0. The number of phenols is 1. The number of hydrogen-bond donors (Lipinski definition) is 1. The fraction of sp³-hybridized carbons (Fsp3) is 0.385. The lowest BCUT2D eigenvalue weighted by molar-refractivity contribution is 0.419. The molecule has 0 saturated carbocycles. The van der Waals surface area contributed by atoms with Crippen LogP contribution in [0.5, 0.6) is 5.75 Å². The number of hydrogen-bond acceptors (Lipinski definition) is 5. The first-order valence-electron chi connectivity index (χ1n) is 5.93. The van der Waals surface area contributed by atoms with E-state index >= 15 is 0 Å². The van der Waals surface area contributed by atoms with Gasteiger partial charge in [0.2, 0.25) is 0 Å². The molecule has 2 aromatic rings. The molecule has 1 unspecified atom stereocenters. The van der Waals surface area contributed by atoms with Crippen molar-refractivity contribution in [1.82, 2.24) is 10.1 Å². The van der Waals surface area contributed by atoms with Crippen LogP contribution in [0.25, 0.3) is 11.5 Å². The molecular formula is C13H16N2O2S. The topological polar surface area (TPSA) is 59.2 Å². The standard InChI is InChI=1S/C13H16N2O2S/c1-3-9(2)18-8-12-14-13(17-15-12)10-6-4-5-7-11(10)16/h4-7,9,16H,3,8H2,1-2H3. The molecular weight excluding hydrogens is 248 g/mol. The predicted octanol–water partition coefficient (Wildman–Crippen LogP) is 3.47. The van der Waals surface area contributed by atoms with Gasteiger partial charge in [0.15, 0.2) is 5.82 Å². The molecule has 1 aromatic heterocycles. The molecule has 0 bridgehead atoms. The highest BCUT2D eigenvalue weighted by Crippen LogP contribution is 2.27. The Kier molecular flexibility index (Phi) is 4.25. The van der Waals surface area contributed by atoms with E-state index in [0.717, 1.165) is 12.2 Å². The number of phenolic OH excluding ortho intramolecular Hbond substituents is 1. The van der Waals surface area contributed by atoms with Gasteiger partial charge in [-0.05, 0) is 18.6 Å². The Bertz CT molecular complexity index is 513. The van der Waals surface area contributed by atoms with E-state index in [1.54, 1.807) is 30.0 Å². The average Bonchev–Trinajstić information content (AvgIpc) is 2.85. The Balaban J connectivity index is 2.09. The van der Waals surface area contributed by atoms with Crippen LogP contribution in [0, 0.1) is 0 Å². The third kappa shape index (κ3) is 3.04. The second-order valence-corrected chi connectivity index (χ2v) is 5.49. The van der Waals surface area contributed by atoms with Crippen molar-refractivity contribution in [3.63, 3.8) is 0 Å². The quantitative estimate of drug-likeness (QED) is 0.896. The minimum absolute atomic E-state index is 0.155. The highest BCUT2D eigenvalue weighted by atomic mass is 32.2. The summed E-state index contributed by atoms with van der Waals surface area (Å²) in [6.45, 7) is 4.33. The zero-order valence-electron chi connectivity index (χ0n) is 10.5. The maximum Gasteiger partial charge on any atom is 0.261 e. The smallest absolute Gasteiger partial charge is 0.261 e. The van der Waals surface area contributed by atoms with E-state index in [9.17, 15) is 5.11 Å². The molecule has 18 heavy (non-hydrogen) atoms. The third-order valence-electron chi connectivity index (χ3n) is 2.67. The lowest BCUT2D eigenvalue weighted by atomic mass is 10.2. The van der Waals surface area contributed by atoms with Gasteiger partial charge in [-0.15, -0.1) is 0 Å². The normalized spacial score (nSPS) is 12.6. The van der Waals surface area contributed by atoms with Gasteiger partial charge in [0.1, 0.15) is 5.75 Å². The van der Waals surface area contributed by atoms with Crippen molar-refractivity contribution < 1.29 is 9.63 Å². The van der Waals surface area contributed by atoms with Crippen LogP contribution in [0.1, 0.15) is 26.1 Å². The van der Waals surface area contributed by atoms with Gasteiger partial charge in [0.25, 0.3) is 5.89 Å². The molecule has 0 aliphatic heterocycles. The average molecular weight is 264 g/mol. The Morgan fingerprint density at radius 1 is 1.39 bits per heavy atom. The molecule has 1 aromatic carbocycles. The molecule has 0 radical (unpaired) electrons. The van der Waals surface area contributed by atoms with Crippen LogP contribution in [0.4, 0.5) is 0 Å². The molecule has 1 heterocycles. The SMILES string of the molecule is CCC(C)SCc1noc(-c2ccccc2O)n1. The highest BCUT2D eigenvalue weighted by molar-refractivity contribution is 7.99. The van der Waals surface area contributed by atoms with E-state index in [4.69, 9.17) is 4.52 Å². The van der Waals surface area contributed by atoms with Gasteiger partial charge in [-0.1, -0.05) is 31.1 Å². The van der Waals surface area contributed by atoms with Gasteiger partial charge in [-0.3, -0.25) is 0 Å². The van der Waals surface area contributed by atoms with Crippen molar-refractivity contribution in [2.75, 3.05) is 0 Å². The summed E-state index contributed by atoms with van der Waals surface area (Å²) in [6.07, 6.45) is 1.12. The molecule has 96 valence electrons. The van der Waals surface area contributed by atoms with Crippen LogP contribution in [0.15, 0.2) is 28.8 Å². The summed E-state index contributed by atoms with van der Waals surface area (Å²) in [4.78, 5) is 4.29. The minimum atomic E-state index is 0.155. The molecule has 0 saturated heterocycles. The van der Waals surface area contributed by atoms with Crippen molar-refractivity contribution in [3.05, 3.63) is 30.1 Å². The van der Waals surface area contributed by atoms with Crippen LogP contribution in [0.2, 0.25) is 0 Å². The molecule has 1 atom stereocenters. The van der Waals surface area contributed by atoms with Crippen molar-refractivity contribution in [3.8, 4) is 17.2 Å². The molecule has 0 aliphatic rings. The Labute approximate surface area is 110 Å². The Hall–Kier alpha value is -1.49. The van der Waals surface area contributed by atoms with Gasteiger partial charge >= 0.3 is 0 Å². The fourth-order valence-electron chi connectivity index (χ4n) is 1.41. The first-order valence-corrected chi connectivity index (χ1v) is 6.98. The maximum atomic E-state index is 9.70. The van der Waals surface area contributed by atoms with Crippen molar-refractivity contribution >= 4 is 11.8 Å². The molecule has 0 fully saturated rings. The van der Waals surface area contributed by atoms with E-state index in [-0.39, 0.29) is 5.75 Å². The van der Waals surface area contributed by atoms with Gasteiger partial charge in [-0.25, -0.2) is 0 Å². The zero-order valence-corrected chi connectivity index (χ0v) is 11.3. The summed E-state index contributed by atoms with van der Waals surface area (Å²) in [5, 5.41) is 14.2. The Morgan fingerprint density at radius 2 is 2.17 bits per heavy atom. The van der Waals surface area contributed by atoms with Crippen LogP contribution in [-0.4, -0.2) is 20.5 Å². The van der Waals surface area contributed by atoms with E-state index in [1.165, 1.54) is 0 Å². The third-order valence-corrected chi connectivity index (χ3v) is 4.00. The van der Waals surface area contributed by atoms with E-state index in [0.29, 0.717) is 22.5 Å². The fourth-order valence-corrected chi connectivity index (χ4v) is 2.20. The van der Waals surface area contributed by atoms with E-state index < -0.39 is 0 Å². The van der Waals surface area contributed by atoms with E-state index in [2.05, 4.69) is 24.0 Å². The molecule has 0 amide bonds. The summed E-state index contributed by atoms with van der Waals surface area (Å²) in [5.74, 6) is 1.92. The van der Waals surface area contributed by atoms with Gasteiger partial charge in [0.05, 0.1) is 11.3 Å². The molecule has 0 aliphatic carbocycles. The highest BCUT2D eigenvalue weighted by Gasteiger charge is 2.12. The number of benzene rings is 1. The lowest BCUT2D eigenvalue weighted by Gasteiger charge is -2.04. The summed E-state index contributed by atoms with van der Waals surface area (Å²) < 4.78 is 5.16. The summed E-state index contributed by atoms with van der Waals surface area (Å²) >= 11 is 1.79. The molecule has 5 heteroatoms. The molecule has 1 N–H and O–H groups in total. The number of thioether (sulfide) groups is 1. The van der Waals surface area contributed by atoms with Crippen LogP contribution in [0.3, 0.4) is 0 Å². The van der Waals surface area contributed by atoms with Crippen LogP contribution in [-0.2, 0) is 5.75 Å². The van der Waals surface area contributed by atoms with Crippen LogP contribution >= 0.6 is 11.8 Å². The predicted molar refractivity (Wildman–Crippen MR) is 72.4 cm³/mol. The Morgan fingerprint density at radius 3 is 2.89 bits per heavy atom. The van der Waals surface area contributed by atoms with Gasteiger partial charge in [-0.2, -0.15) is 16.7 Å². The lowest BCUT2D eigenvalue weighted by Crippen LogP contribution is -1.94. The number of aromatic nitrogens is 2. The molecule has 2 rings (SSSR count). The number of rotatable bonds is 5. The van der Waals surface area contributed by atoms with Crippen molar-refractivity contribution in [2.24, 2.45) is 0 Å². The first-order chi connectivity index (χ1) is 8.70. The van der Waals surface area contributed by atoms with Gasteiger partial charge < -0.3 is 9.63 Å². The molecule has 4 nitrogen and oxygen atoms in total. The number of nitrogens with zero attached hydrogens (tertiary/aromatic N) is 2. The van der Waals surface area contributed by atoms with Gasteiger partial charge in [0, 0.05) is 5.25 Å². The monoisotopic (exact) mass is 264 g/mol. The minimum Gasteiger partial charge on any atom is -0.507 e. The maximum absolute atomic E-state index is 9.70. The van der Waals surface area contributed by atoms with Crippen molar-refractivity contribution in [2.45, 2.75) is 31.3 Å². The zero-order chi connectivity index (χ0) is 13.0. The first kappa shape index (κ1) is 13.0. The summed E-state index contributed by atoms with van der Waals surface area (Å²) in [6, 6.07) is 6.95. The number of aromatic hydroxyl groups is 1. The van der Waals surface area contributed by atoms with Crippen LogP contribution < -0.4 is 0 Å². The largest absolute Gasteiger partial charge is 0.507 e. The number of para-hydroxylation sites is 1.